The smallest absolute Gasteiger partial charge is 0.373 e. The average molecular weight is 437 g/mol. The molecule has 0 fully saturated rings. The molecule has 0 spiro atoms. The molecule has 0 aliphatic rings. The van der Waals surface area contributed by atoms with Crippen LogP contribution >= 0.6 is 0 Å². The van der Waals surface area contributed by atoms with Crippen LogP contribution in [0.2, 0.25) is 0 Å². The highest BCUT2D eigenvalue weighted by Gasteiger charge is 2.31. The molecule has 1 amide bonds. The van der Waals surface area contributed by atoms with E-state index in [1.54, 1.807) is 0 Å². The molecule has 6 nitrogen and oxygen atoms in total. The number of anilines is 2. The second-order valence-electron chi connectivity index (χ2n) is 6.08. The van der Waals surface area contributed by atoms with Crippen LogP contribution < -0.4 is 14.9 Å². The van der Waals surface area contributed by atoms with Gasteiger partial charge in [-0.1, -0.05) is 6.07 Å². The number of carbonyl (C=O) groups is 1. The van der Waals surface area contributed by atoms with E-state index in [4.69, 9.17) is 0 Å². The third kappa shape index (κ3) is 5.64. The van der Waals surface area contributed by atoms with Crippen LogP contribution in [0.3, 0.4) is 0 Å². The number of amides is 1. The highest BCUT2D eigenvalue weighted by atomic mass is 32.2. The monoisotopic (exact) mass is 437 g/mol. The lowest BCUT2D eigenvalue weighted by Crippen LogP contribution is -2.33. The number of benzene rings is 2. The minimum absolute atomic E-state index is 0.256. The van der Waals surface area contributed by atoms with Crippen molar-refractivity contribution in [3.05, 3.63) is 53.6 Å². The third-order valence-electron chi connectivity index (χ3n) is 3.64. The largest absolute Gasteiger partial charge is 0.416 e. The first-order valence-corrected chi connectivity index (χ1v) is 9.42. The molecule has 12 heteroatoms. The summed E-state index contributed by atoms with van der Waals surface area (Å²) in [7, 11) is -1.59. The fourth-order valence-electron chi connectivity index (χ4n) is 2.35. The lowest BCUT2D eigenvalue weighted by Gasteiger charge is -2.16. The minimum atomic E-state index is -4.74. The summed E-state index contributed by atoms with van der Waals surface area (Å²) in [4.78, 5) is 12.4. The zero-order chi connectivity index (χ0) is 22.0. The van der Waals surface area contributed by atoms with E-state index in [9.17, 15) is 35.2 Å². The van der Waals surface area contributed by atoms with Crippen molar-refractivity contribution in [1.82, 2.24) is 4.72 Å². The molecule has 0 saturated heterocycles. The van der Waals surface area contributed by atoms with Crippen LogP contribution in [-0.2, 0) is 21.0 Å². The Morgan fingerprint density at radius 3 is 2.17 bits per heavy atom. The van der Waals surface area contributed by atoms with Crippen molar-refractivity contribution in [2.45, 2.75) is 11.1 Å². The molecule has 0 aliphatic carbocycles. The van der Waals surface area contributed by atoms with E-state index in [1.165, 1.54) is 19.0 Å². The molecule has 0 heterocycles. The van der Waals surface area contributed by atoms with Gasteiger partial charge in [0.05, 0.1) is 17.0 Å². The first-order chi connectivity index (χ1) is 13.3. The van der Waals surface area contributed by atoms with E-state index in [0.717, 1.165) is 24.3 Å². The third-order valence-corrected chi connectivity index (χ3v) is 5.04. The molecule has 0 bridgehead atoms. The van der Waals surface area contributed by atoms with Crippen molar-refractivity contribution < 1.29 is 35.2 Å². The Hall–Kier alpha value is -2.73. The Bertz CT molecular complexity index is 1000. The van der Waals surface area contributed by atoms with E-state index >= 15 is 0 Å². The predicted octanol–water partition coefficient (Wildman–Crippen LogP) is 2.97. The highest BCUT2D eigenvalue weighted by Crippen LogP contribution is 2.30. The van der Waals surface area contributed by atoms with Gasteiger partial charge in [-0.2, -0.15) is 13.2 Å². The molecule has 2 aromatic rings. The lowest BCUT2D eigenvalue weighted by molar-refractivity contribution is -0.137. The summed E-state index contributed by atoms with van der Waals surface area (Å²) < 4.78 is 92.0. The van der Waals surface area contributed by atoms with Crippen LogP contribution in [-0.4, -0.2) is 35.0 Å². The lowest BCUT2D eigenvalue weighted by atomic mass is 10.2. The van der Waals surface area contributed by atoms with Gasteiger partial charge in [0.25, 0.3) is 0 Å². The Balaban J connectivity index is 2.09. The summed E-state index contributed by atoms with van der Waals surface area (Å²) in [5.74, 6) is -2.87. The number of nitrogens with zero attached hydrogens (tertiary/aromatic N) is 1. The van der Waals surface area contributed by atoms with Gasteiger partial charge in [0, 0.05) is 19.8 Å². The molecule has 0 aromatic heterocycles. The van der Waals surface area contributed by atoms with Crippen molar-refractivity contribution in [3.63, 3.8) is 0 Å². The quantitative estimate of drug-likeness (QED) is 0.682. The van der Waals surface area contributed by atoms with Gasteiger partial charge >= 0.3 is 6.18 Å². The number of nitrogens with one attached hydrogen (secondary N) is 2. The molecule has 0 unspecified atom stereocenters. The van der Waals surface area contributed by atoms with Crippen LogP contribution in [0.25, 0.3) is 0 Å². The highest BCUT2D eigenvalue weighted by molar-refractivity contribution is 7.89. The van der Waals surface area contributed by atoms with Crippen LogP contribution in [0, 0.1) is 11.6 Å². The fourth-order valence-corrected chi connectivity index (χ4v) is 3.38. The maximum absolute atomic E-state index is 13.9. The van der Waals surface area contributed by atoms with E-state index in [0.29, 0.717) is 12.1 Å². The van der Waals surface area contributed by atoms with Crippen LogP contribution in [0.15, 0.2) is 41.3 Å². The van der Waals surface area contributed by atoms with Gasteiger partial charge < -0.3 is 10.2 Å². The summed E-state index contributed by atoms with van der Waals surface area (Å²) in [5.41, 5.74) is -1.75. The first-order valence-electron chi connectivity index (χ1n) is 7.94. The number of hydrogen-bond donors (Lipinski definition) is 2. The van der Waals surface area contributed by atoms with E-state index in [1.807, 2.05) is 4.72 Å². The second-order valence-corrected chi connectivity index (χ2v) is 7.85. The van der Waals surface area contributed by atoms with Gasteiger partial charge in [0.15, 0.2) is 11.6 Å². The topological polar surface area (TPSA) is 78.5 Å². The van der Waals surface area contributed by atoms with Crippen LogP contribution in [0.1, 0.15) is 5.56 Å². The zero-order valence-corrected chi connectivity index (χ0v) is 16.0. The Morgan fingerprint density at radius 2 is 1.66 bits per heavy atom. The summed E-state index contributed by atoms with van der Waals surface area (Å²) in [6.07, 6.45) is -4.74. The van der Waals surface area contributed by atoms with Crippen LogP contribution in [0.4, 0.5) is 33.3 Å². The summed E-state index contributed by atoms with van der Waals surface area (Å²) >= 11 is 0. The molecular weight excluding hydrogens is 421 g/mol. The predicted molar refractivity (Wildman–Crippen MR) is 95.9 cm³/mol. The number of rotatable bonds is 6. The maximum Gasteiger partial charge on any atom is 0.416 e. The number of alkyl halides is 3. The van der Waals surface area contributed by atoms with Crippen molar-refractivity contribution in [2.75, 3.05) is 30.9 Å². The molecule has 0 atom stereocenters. The molecule has 0 aliphatic heterocycles. The zero-order valence-electron chi connectivity index (χ0n) is 15.1. The molecule has 2 aromatic carbocycles. The van der Waals surface area contributed by atoms with E-state index in [-0.39, 0.29) is 11.4 Å². The summed E-state index contributed by atoms with van der Waals surface area (Å²) in [6.45, 7) is -0.864. The van der Waals surface area contributed by atoms with Gasteiger partial charge in [-0.05, 0) is 30.3 Å². The normalized spacial score (nSPS) is 12.0. The van der Waals surface area contributed by atoms with Gasteiger partial charge in [-0.15, -0.1) is 0 Å². The van der Waals surface area contributed by atoms with Gasteiger partial charge in [-0.3, -0.25) is 4.79 Å². The SMILES string of the molecule is CN(C)c1c(F)cc(NC(=O)CNS(=O)(=O)c2cccc(C(F)(F)F)c2)cc1F. The molecular formula is C17H16F5N3O3S. The van der Waals surface area contributed by atoms with Crippen molar-refractivity contribution >= 4 is 27.3 Å². The Morgan fingerprint density at radius 1 is 1.07 bits per heavy atom. The number of hydrogen-bond acceptors (Lipinski definition) is 4. The number of sulfonamides is 1. The van der Waals surface area contributed by atoms with E-state index in [2.05, 4.69) is 5.32 Å². The fraction of sp³-hybridized carbons (Fsp3) is 0.235. The van der Waals surface area contributed by atoms with E-state index < -0.39 is 50.7 Å². The molecule has 2 N–H and O–H groups in total. The minimum Gasteiger partial charge on any atom is -0.373 e. The maximum atomic E-state index is 13.9. The second kappa shape index (κ2) is 8.33. The summed E-state index contributed by atoms with van der Waals surface area (Å²) in [5, 5.41) is 2.11. The van der Waals surface area contributed by atoms with Gasteiger partial charge in [-0.25, -0.2) is 21.9 Å². The number of halogens is 5. The van der Waals surface area contributed by atoms with Crippen molar-refractivity contribution in [3.8, 4) is 0 Å². The standard InChI is InChI=1S/C17H16F5N3O3S/c1-25(2)16-13(18)7-11(8-14(16)19)24-15(26)9-23-29(27,28)12-5-3-4-10(6-12)17(20,21)22/h3-8,23H,9H2,1-2H3,(H,24,26). The summed E-state index contributed by atoms with van der Waals surface area (Å²) in [6, 6.07) is 4.65. The van der Waals surface area contributed by atoms with Crippen molar-refractivity contribution in [2.24, 2.45) is 0 Å². The van der Waals surface area contributed by atoms with Crippen LogP contribution in [0.5, 0.6) is 0 Å². The van der Waals surface area contributed by atoms with Crippen molar-refractivity contribution in [1.29, 1.82) is 0 Å². The molecule has 0 radical (unpaired) electrons. The Kier molecular flexibility index (Phi) is 6.48. The Labute approximate surface area is 163 Å². The van der Waals surface area contributed by atoms with Gasteiger partial charge in [0.1, 0.15) is 5.69 Å². The number of carbonyl (C=O) groups excluding carboxylic acids is 1. The van der Waals surface area contributed by atoms with Gasteiger partial charge in [0.2, 0.25) is 15.9 Å². The molecule has 0 saturated carbocycles. The average Bonchev–Trinajstić information content (AvgIpc) is 2.58. The molecule has 158 valence electrons. The first kappa shape index (κ1) is 22.6. The molecule has 2 rings (SSSR count). The molecule has 29 heavy (non-hydrogen) atoms.